The molecule has 2 fully saturated rings. The molecule has 5 aromatic heterocycles. The van der Waals surface area contributed by atoms with Gasteiger partial charge in [-0.05, 0) is 55.0 Å². The van der Waals surface area contributed by atoms with Crippen LogP contribution in [0.4, 0.5) is 0 Å². The first-order valence-electron chi connectivity index (χ1n) is 12.4. The van der Waals surface area contributed by atoms with Crippen LogP contribution in [0.25, 0.3) is 11.2 Å². The molecule has 0 spiro atoms. The van der Waals surface area contributed by atoms with Crippen LogP contribution in [-0.2, 0) is 17.8 Å². The van der Waals surface area contributed by atoms with Crippen molar-refractivity contribution in [2.75, 3.05) is 13.2 Å². The second-order valence-electron chi connectivity index (χ2n) is 10.00. The number of hydrogen-bond donors (Lipinski definition) is 1. The van der Waals surface area contributed by atoms with Crippen molar-refractivity contribution in [2.24, 2.45) is 0 Å². The molecular formula is C27H27N7O2. The van der Waals surface area contributed by atoms with Crippen LogP contribution in [-0.4, -0.2) is 47.7 Å². The molecule has 1 N–H and O–H groups in total. The Morgan fingerprint density at radius 1 is 1.14 bits per heavy atom. The summed E-state index contributed by atoms with van der Waals surface area (Å²) in [7, 11) is 0. The van der Waals surface area contributed by atoms with Gasteiger partial charge in [0.25, 0.3) is 5.91 Å². The second-order valence-corrected chi connectivity index (χ2v) is 10.00. The number of fused-ring (bicyclic) bond motifs is 2. The number of ether oxygens (including phenoxy) is 1. The third kappa shape index (κ3) is 3.85. The lowest BCUT2D eigenvalue weighted by Crippen LogP contribution is -2.25. The number of aryl methyl sites for hydroxylation is 1. The molecule has 0 radical (unpaired) electrons. The van der Waals surface area contributed by atoms with Gasteiger partial charge in [-0.3, -0.25) is 9.48 Å². The van der Waals surface area contributed by atoms with Crippen LogP contribution < -0.4 is 5.32 Å². The minimum Gasteiger partial charge on any atom is -0.380 e. The Morgan fingerprint density at radius 3 is 2.83 bits per heavy atom. The maximum atomic E-state index is 12.8. The molecule has 9 heteroatoms. The molecule has 0 unspecified atom stereocenters. The smallest absolute Gasteiger partial charge is 0.254 e. The van der Waals surface area contributed by atoms with Crippen LogP contribution >= 0.6 is 0 Å². The van der Waals surface area contributed by atoms with Crippen molar-refractivity contribution in [1.29, 1.82) is 0 Å². The summed E-state index contributed by atoms with van der Waals surface area (Å²) in [5.41, 5.74) is 8.08. The molecule has 0 atom stereocenters. The number of carbonyl (C=O) groups excluding carboxylic acids is 1. The molecule has 182 valence electrons. The average Bonchev–Trinajstić information content (AvgIpc) is 3.25. The van der Waals surface area contributed by atoms with Crippen molar-refractivity contribution >= 4 is 17.1 Å². The highest BCUT2D eigenvalue weighted by molar-refractivity contribution is 5.93. The fourth-order valence-electron chi connectivity index (χ4n) is 4.91. The number of aromatic nitrogens is 6. The van der Waals surface area contributed by atoms with Crippen LogP contribution in [0.3, 0.4) is 0 Å². The Hall–Kier alpha value is -3.98. The fourth-order valence-corrected chi connectivity index (χ4v) is 4.91. The van der Waals surface area contributed by atoms with Gasteiger partial charge in [0.2, 0.25) is 0 Å². The first kappa shape index (κ1) is 21.3. The molecule has 9 nitrogen and oxygen atoms in total. The van der Waals surface area contributed by atoms with Gasteiger partial charge in [0, 0.05) is 36.3 Å². The monoisotopic (exact) mass is 481 g/mol. The van der Waals surface area contributed by atoms with Crippen LogP contribution in [0.1, 0.15) is 63.1 Å². The first-order valence-corrected chi connectivity index (χ1v) is 12.4. The molecular weight excluding hydrogens is 454 g/mol. The van der Waals surface area contributed by atoms with Gasteiger partial charge < -0.3 is 18.9 Å². The van der Waals surface area contributed by atoms with Gasteiger partial charge in [0.1, 0.15) is 5.65 Å². The predicted octanol–water partition coefficient (Wildman–Crippen LogP) is 3.46. The fraction of sp³-hybridized carbons (Fsp3) is 0.333. The van der Waals surface area contributed by atoms with Crippen molar-refractivity contribution in [3.63, 3.8) is 0 Å². The molecule has 1 saturated carbocycles. The molecule has 5 aromatic rings. The van der Waals surface area contributed by atoms with Gasteiger partial charge in [0.15, 0.2) is 0 Å². The Kier molecular flexibility index (Phi) is 4.92. The molecule has 1 aliphatic carbocycles. The second kappa shape index (κ2) is 8.30. The Labute approximate surface area is 207 Å². The predicted molar refractivity (Wildman–Crippen MR) is 133 cm³/mol. The highest BCUT2D eigenvalue weighted by Gasteiger charge is 2.29. The number of nitrogens with zero attached hydrogens (tertiary/aromatic N) is 6. The summed E-state index contributed by atoms with van der Waals surface area (Å²) < 4.78 is 11.3. The lowest BCUT2D eigenvalue weighted by Gasteiger charge is -2.27. The van der Waals surface area contributed by atoms with Gasteiger partial charge in [-0.25, -0.2) is 9.97 Å². The van der Waals surface area contributed by atoms with Crippen LogP contribution in [0.2, 0.25) is 0 Å². The van der Waals surface area contributed by atoms with E-state index in [1.54, 1.807) is 23.4 Å². The quantitative estimate of drug-likeness (QED) is 0.385. The maximum Gasteiger partial charge on any atom is 0.254 e. The molecule has 6 heterocycles. The van der Waals surface area contributed by atoms with Crippen LogP contribution in [0.15, 0.2) is 55.5 Å². The van der Waals surface area contributed by atoms with E-state index in [0.29, 0.717) is 30.5 Å². The zero-order chi connectivity index (χ0) is 24.2. The number of imidazole rings is 2. The summed E-state index contributed by atoms with van der Waals surface area (Å²) in [6, 6.07) is 6.43. The normalized spacial score (nSPS) is 16.0. The molecule has 1 saturated heterocycles. The van der Waals surface area contributed by atoms with E-state index < -0.39 is 0 Å². The van der Waals surface area contributed by atoms with Crippen LogP contribution in [0.5, 0.6) is 0 Å². The third-order valence-corrected chi connectivity index (χ3v) is 7.19. The van der Waals surface area contributed by atoms with E-state index in [0.717, 1.165) is 41.3 Å². The van der Waals surface area contributed by atoms with Crippen molar-refractivity contribution in [3.05, 3.63) is 89.2 Å². The highest BCUT2D eigenvalue weighted by Crippen LogP contribution is 2.42. The number of nitrogens with one attached hydrogen (secondary N) is 1. The average molecular weight is 482 g/mol. The van der Waals surface area contributed by atoms with Crippen molar-refractivity contribution in [1.82, 2.24) is 33.9 Å². The number of hydrogen-bond acceptors (Lipinski definition) is 5. The standard InChI is InChI=1S/C27H27N7O2/c1-17-4-5-32-16-29-24(25(32)6-17)9-28-27(35)20-8-30-34(11-20)13-22-12-33-10-19(18-2-3-18)7-23(26(33)31-22)21-14-36-15-21/h4-8,10-12,16,18,21H,2-3,9,13-15H2,1H3,(H,28,35). The molecule has 1 aliphatic heterocycles. The number of pyridine rings is 2. The number of amides is 1. The number of rotatable bonds is 7. The lowest BCUT2D eigenvalue weighted by atomic mass is 9.96. The van der Waals surface area contributed by atoms with Gasteiger partial charge >= 0.3 is 0 Å². The number of carbonyl (C=O) groups is 1. The van der Waals surface area contributed by atoms with E-state index in [2.05, 4.69) is 44.3 Å². The van der Waals surface area contributed by atoms with Gasteiger partial charge in [-0.2, -0.15) is 5.10 Å². The summed E-state index contributed by atoms with van der Waals surface area (Å²) in [5, 5.41) is 7.38. The van der Waals surface area contributed by atoms with Crippen molar-refractivity contribution in [2.45, 2.75) is 44.7 Å². The lowest BCUT2D eigenvalue weighted by molar-refractivity contribution is 0.00877. The maximum absolute atomic E-state index is 12.8. The summed E-state index contributed by atoms with van der Waals surface area (Å²) in [4.78, 5) is 22.2. The van der Waals surface area contributed by atoms with Gasteiger partial charge in [-0.15, -0.1) is 0 Å². The summed E-state index contributed by atoms with van der Waals surface area (Å²) in [6.45, 7) is 4.42. The molecule has 36 heavy (non-hydrogen) atoms. The topological polar surface area (TPSA) is 90.8 Å². The Bertz CT molecular complexity index is 1600. The van der Waals surface area contributed by atoms with Gasteiger partial charge in [-0.1, -0.05) is 0 Å². The third-order valence-electron chi connectivity index (χ3n) is 7.19. The van der Waals surface area contributed by atoms with E-state index in [4.69, 9.17) is 9.72 Å². The zero-order valence-corrected chi connectivity index (χ0v) is 20.1. The largest absolute Gasteiger partial charge is 0.380 e. The summed E-state index contributed by atoms with van der Waals surface area (Å²) in [5.74, 6) is 0.917. The SMILES string of the molecule is Cc1ccn2cnc(CNC(=O)c3cnn(Cc4cn5cc(C6CC6)cc(C6COC6)c5n4)c3)c2c1. The minimum absolute atomic E-state index is 0.175. The molecule has 1 amide bonds. The molecule has 0 bridgehead atoms. The first-order chi connectivity index (χ1) is 17.6. The van der Waals surface area contributed by atoms with E-state index >= 15 is 0 Å². The zero-order valence-electron chi connectivity index (χ0n) is 20.1. The van der Waals surface area contributed by atoms with Crippen molar-refractivity contribution in [3.8, 4) is 0 Å². The van der Waals surface area contributed by atoms with Gasteiger partial charge in [0.05, 0.1) is 61.3 Å². The minimum atomic E-state index is -0.175. The molecule has 2 aliphatic rings. The Balaban J connectivity index is 1.07. The molecule has 0 aromatic carbocycles. The summed E-state index contributed by atoms with van der Waals surface area (Å²) in [6.07, 6.45) is 13.9. The van der Waals surface area contributed by atoms with Crippen molar-refractivity contribution < 1.29 is 9.53 Å². The van der Waals surface area contributed by atoms with E-state index in [-0.39, 0.29) is 5.91 Å². The van der Waals surface area contributed by atoms with E-state index in [9.17, 15) is 4.79 Å². The Morgan fingerprint density at radius 2 is 2.03 bits per heavy atom. The molecule has 7 rings (SSSR count). The van der Waals surface area contributed by atoms with E-state index in [1.165, 1.54) is 24.0 Å². The van der Waals surface area contributed by atoms with Crippen LogP contribution in [0, 0.1) is 6.92 Å². The summed E-state index contributed by atoms with van der Waals surface area (Å²) >= 11 is 0. The highest BCUT2D eigenvalue weighted by atomic mass is 16.5. The van der Waals surface area contributed by atoms with E-state index in [1.807, 2.05) is 23.6 Å².